The molecule has 0 aromatic rings. The van der Waals surface area contributed by atoms with E-state index in [2.05, 4.69) is 11.9 Å². The first kappa shape index (κ1) is 12.7. The van der Waals surface area contributed by atoms with Crippen LogP contribution in [-0.4, -0.2) is 35.2 Å². The van der Waals surface area contributed by atoms with E-state index in [4.69, 9.17) is 0 Å². The Kier molecular flexibility index (Phi) is 6.03. The molecule has 0 aliphatic heterocycles. The van der Waals surface area contributed by atoms with Crippen LogP contribution >= 0.6 is 11.8 Å². The molecule has 0 saturated carbocycles. The minimum Gasteiger partial charge on any atom is -0.388 e. The smallest absolute Gasteiger partial charge is 0.205 e. The van der Waals surface area contributed by atoms with E-state index >= 15 is 0 Å². The predicted octanol–water partition coefficient (Wildman–Crippen LogP) is 0.791. The second-order valence-electron chi connectivity index (χ2n) is 3.00. The van der Waals surface area contributed by atoms with Crippen molar-refractivity contribution in [3.05, 3.63) is 12.2 Å². The second kappa shape index (κ2) is 6.18. The number of hydrogen-bond acceptors (Lipinski definition) is 4. The Bertz CT molecular complexity index is 194. The summed E-state index contributed by atoms with van der Waals surface area (Å²) in [4.78, 5) is 11.3. The van der Waals surface area contributed by atoms with Crippen LogP contribution in [0.25, 0.3) is 0 Å². The van der Waals surface area contributed by atoms with Crippen LogP contribution in [0.4, 0.5) is 0 Å². The first-order chi connectivity index (χ1) is 5.99. The monoisotopic (exact) mass is 203 g/mol. The second-order valence-corrected chi connectivity index (χ2v) is 4.03. The normalized spacial score (nSPS) is 15.1. The first-order valence-electron chi connectivity index (χ1n) is 4.16. The van der Waals surface area contributed by atoms with E-state index in [0.717, 1.165) is 11.8 Å². The van der Waals surface area contributed by atoms with E-state index in [1.54, 1.807) is 20.9 Å². The highest BCUT2D eigenvalue weighted by Gasteiger charge is 2.13. The zero-order chi connectivity index (χ0) is 10.4. The van der Waals surface area contributed by atoms with Crippen LogP contribution in [0.2, 0.25) is 0 Å². The van der Waals surface area contributed by atoms with Gasteiger partial charge in [-0.3, -0.25) is 4.79 Å². The quantitative estimate of drug-likeness (QED) is 0.649. The molecule has 0 saturated heterocycles. The Labute approximate surface area is 83.6 Å². The highest BCUT2D eigenvalue weighted by Crippen LogP contribution is 2.11. The largest absolute Gasteiger partial charge is 0.388 e. The Morgan fingerprint density at radius 3 is 2.62 bits per heavy atom. The molecule has 2 N–H and O–H groups in total. The van der Waals surface area contributed by atoms with Crippen molar-refractivity contribution < 1.29 is 9.90 Å². The number of carbonyl (C=O) groups is 1. The summed E-state index contributed by atoms with van der Waals surface area (Å²) in [6.45, 7) is 7.15. The van der Waals surface area contributed by atoms with Crippen molar-refractivity contribution in [1.29, 1.82) is 0 Å². The zero-order valence-electron chi connectivity index (χ0n) is 8.33. The average Bonchev–Trinajstić information content (AvgIpc) is 2.11. The average molecular weight is 203 g/mol. The van der Waals surface area contributed by atoms with Crippen molar-refractivity contribution in [2.24, 2.45) is 0 Å². The van der Waals surface area contributed by atoms with Gasteiger partial charge in [0.05, 0.1) is 12.1 Å². The Hall–Kier alpha value is -0.320. The minimum absolute atomic E-state index is 0.0443. The van der Waals surface area contributed by atoms with Crippen LogP contribution in [0, 0.1) is 0 Å². The molecule has 2 unspecified atom stereocenters. The molecule has 0 rings (SSSR count). The molecule has 0 aliphatic rings. The Morgan fingerprint density at radius 1 is 1.69 bits per heavy atom. The predicted molar refractivity (Wildman–Crippen MR) is 56.8 cm³/mol. The highest BCUT2D eigenvalue weighted by molar-refractivity contribution is 8.13. The van der Waals surface area contributed by atoms with Gasteiger partial charge >= 0.3 is 0 Å². The van der Waals surface area contributed by atoms with E-state index in [0.29, 0.717) is 11.3 Å². The number of nitrogens with one attached hydrogen (secondary N) is 1. The topological polar surface area (TPSA) is 49.3 Å². The number of hydrogen-bond donors (Lipinski definition) is 2. The molecule has 4 heteroatoms. The molecule has 76 valence electrons. The van der Waals surface area contributed by atoms with E-state index in [1.165, 1.54) is 0 Å². The fourth-order valence-corrected chi connectivity index (χ4v) is 1.52. The summed E-state index contributed by atoms with van der Waals surface area (Å²) in [6.07, 6.45) is -0.585. The lowest BCUT2D eigenvalue weighted by Crippen LogP contribution is -2.29. The van der Waals surface area contributed by atoms with Crippen LogP contribution in [0.1, 0.15) is 13.8 Å². The van der Waals surface area contributed by atoms with Crippen LogP contribution in [0.5, 0.6) is 0 Å². The van der Waals surface area contributed by atoms with Gasteiger partial charge in [0.15, 0.2) is 0 Å². The number of aliphatic hydroxyl groups excluding tert-OH is 1. The summed E-state index contributed by atoms with van der Waals surface area (Å²) in [5, 5.41) is 12.2. The molecule has 0 radical (unpaired) electrons. The van der Waals surface area contributed by atoms with Crippen LogP contribution < -0.4 is 5.32 Å². The lowest BCUT2D eigenvalue weighted by atomic mass is 10.2. The summed E-state index contributed by atoms with van der Waals surface area (Å²) in [6, 6.07) is -0.165. The Balaban J connectivity index is 3.76. The van der Waals surface area contributed by atoms with Gasteiger partial charge in [-0.05, 0) is 20.9 Å². The minimum atomic E-state index is -0.585. The third-order valence-corrected chi connectivity index (χ3v) is 2.86. The van der Waals surface area contributed by atoms with Crippen LogP contribution in [-0.2, 0) is 4.79 Å². The maximum absolute atomic E-state index is 11.3. The summed E-state index contributed by atoms with van der Waals surface area (Å²) < 4.78 is 0. The number of rotatable bonds is 5. The maximum Gasteiger partial charge on any atom is 0.205 e. The van der Waals surface area contributed by atoms with Crippen LogP contribution in [0.3, 0.4) is 0 Å². The lowest BCUT2D eigenvalue weighted by Gasteiger charge is -2.11. The van der Waals surface area contributed by atoms with Gasteiger partial charge in [0.2, 0.25) is 5.12 Å². The molecule has 0 aromatic heterocycles. The molecule has 13 heavy (non-hydrogen) atoms. The molecule has 0 amide bonds. The van der Waals surface area contributed by atoms with Crippen molar-refractivity contribution in [2.75, 3.05) is 12.8 Å². The van der Waals surface area contributed by atoms with Gasteiger partial charge in [-0.1, -0.05) is 23.9 Å². The van der Waals surface area contributed by atoms with Crippen molar-refractivity contribution in [2.45, 2.75) is 26.0 Å². The van der Waals surface area contributed by atoms with Crippen molar-refractivity contribution >= 4 is 16.9 Å². The summed E-state index contributed by atoms with van der Waals surface area (Å²) >= 11 is 1.13. The summed E-state index contributed by atoms with van der Waals surface area (Å²) in [7, 11) is 1.73. The number of likely N-dealkylation sites (N-methyl/N-ethyl adjacent to an activating group) is 1. The van der Waals surface area contributed by atoms with E-state index in [-0.39, 0.29) is 11.2 Å². The third kappa shape index (κ3) is 5.08. The molecule has 3 nitrogen and oxygen atoms in total. The standard InChI is InChI=1S/C9H17NO2S/c1-6(2)8(11)5-13-9(12)7(3)10-4/h7-8,10-11H,1,5H2,2-4H3. The van der Waals surface area contributed by atoms with Gasteiger partial charge < -0.3 is 10.4 Å². The van der Waals surface area contributed by atoms with Gasteiger partial charge in [-0.2, -0.15) is 0 Å². The summed E-state index contributed by atoms with van der Waals surface area (Å²) in [5.41, 5.74) is 0.692. The van der Waals surface area contributed by atoms with Gasteiger partial charge in [-0.25, -0.2) is 0 Å². The van der Waals surface area contributed by atoms with E-state index < -0.39 is 6.10 Å². The van der Waals surface area contributed by atoms with E-state index in [1.807, 2.05) is 0 Å². The zero-order valence-corrected chi connectivity index (χ0v) is 9.15. The molecular formula is C9H17NO2S. The molecule has 0 spiro atoms. The molecule has 0 heterocycles. The Morgan fingerprint density at radius 2 is 2.23 bits per heavy atom. The van der Waals surface area contributed by atoms with Crippen molar-refractivity contribution in [3.63, 3.8) is 0 Å². The molecule has 0 aromatic carbocycles. The van der Waals surface area contributed by atoms with Crippen molar-refractivity contribution in [1.82, 2.24) is 5.32 Å². The molecule has 0 fully saturated rings. The highest BCUT2D eigenvalue weighted by atomic mass is 32.2. The first-order valence-corrected chi connectivity index (χ1v) is 5.15. The molecular weight excluding hydrogens is 186 g/mol. The lowest BCUT2D eigenvalue weighted by molar-refractivity contribution is -0.112. The van der Waals surface area contributed by atoms with Crippen molar-refractivity contribution in [3.8, 4) is 0 Å². The molecule has 0 aliphatic carbocycles. The van der Waals surface area contributed by atoms with Gasteiger partial charge in [0, 0.05) is 5.75 Å². The third-order valence-electron chi connectivity index (χ3n) is 1.74. The van der Waals surface area contributed by atoms with Gasteiger partial charge in [0.1, 0.15) is 0 Å². The number of aliphatic hydroxyl groups is 1. The fourth-order valence-electron chi connectivity index (χ4n) is 0.546. The summed E-state index contributed by atoms with van der Waals surface area (Å²) in [5.74, 6) is 0.389. The van der Waals surface area contributed by atoms with E-state index in [9.17, 15) is 9.90 Å². The fraction of sp³-hybridized carbons (Fsp3) is 0.667. The maximum atomic E-state index is 11.3. The SMILES string of the molecule is C=C(C)C(O)CSC(=O)C(C)NC. The van der Waals surface area contributed by atoms with Gasteiger partial charge in [0.25, 0.3) is 0 Å². The number of thioether (sulfide) groups is 1. The molecule has 2 atom stereocenters. The van der Waals surface area contributed by atoms with Crippen LogP contribution in [0.15, 0.2) is 12.2 Å². The van der Waals surface area contributed by atoms with Gasteiger partial charge in [-0.15, -0.1) is 0 Å². The molecule has 0 bridgehead atoms. The number of carbonyl (C=O) groups excluding carboxylic acids is 1.